The molecule has 4 bridgehead atoms. The summed E-state index contributed by atoms with van der Waals surface area (Å²) < 4.78 is 34.1. The second kappa shape index (κ2) is 30.4. The van der Waals surface area contributed by atoms with Crippen LogP contribution in [0.1, 0.15) is 242 Å². The van der Waals surface area contributed by atoms with Crippen LogP contribution in [0.15, 0.2) is 72.8 Å². The summed E-state index contributed by atoms with van der Waals surface area (Å²) in [4.78, 5) is 39.4. The summed E-state index contributed by atoms with van der Waals surface area (Å²) >= 11 is 0. The Morgan fingerprint density at radius 2 is 0.978 bits per heavy atom. The molecule has 4 aliphatic heterocycles. The number of nitrogens with zero attached hydrogens (tertiary/aromatic N) is 3. The first-order valence-electron chi connectivity index (χ1n) is 36.2. The van der Waals surface area contributed by atoms with Crippen molar-refractivity contribution < 1.29 is 58.3 Å². The van der Waals surface area contributed by atoms with Crippen molar-refractivity contribution in [1.29, 1.82) is 0 Å². The number of unbranched alkanes of at least 4 members (excludes halogenated alkanes) is 20. The number of aromatic hydroxyl groups is 1. The number of phenolic OH excluding ortho intramolecular Hbond substituents is 1. The van der Waals surface area contributed by atoms with Crippen LogP contribution >= 0.6 is 0 Å². The highest BCUT2D eigenvalue weighted by Crippen LogP contribution is 2.68. The number of nitro benzene ring substituents is 1. The Morgan fingerprint density at radius 3 is 1.42 bits per heavy atom. The van der Waals surface area contributed by atoms with Crippen molar-refractivity contribution >= 4 is 18.0 Å². The van der Waals surface area contributed by atoms with Crippen molar-refractivity contribution in [3.05, 3.63) is 105 Å². The van der Waals surface area contributed by atoms with Gasteiger partial charge in [-0.15, -0.1) is 0 Å². The molecule has 3 aromatic carbocycles. The zero-order valence-electron chi connectivity index (χ0n) is 55.5. The van der Waals surface area contributed by atoms with Crippen molar-refractivity contribution in [2.45, 2.75) is 278 Å². The summed E-state index contributed by atoms with van der Waals surface area (Å²) in [5.41, 5.74) is 4.09. The van der Waals surface area contributed by atoms with Crippen LogP contribution in [-0.4, -0.2) is 117 Å². The van der Waals surface area contributed by atoms with E-state index in [2.05, 4.69) is 42.9 Å². The van der Waals surface area contributed by atoms with Gasteiger partial charge in [0.2, 0.25) is 0 Å². The molecular weight excluding hydrogens is 1160 g/mol. The van der Waals surface area contributed by atoms with Gasteiger partial charge in [0.15, 0.2) is 23.0 Å². The van der Waals surface area contributed by atoms with Crippen LogP contribution in [0.3, 0.4) is 0 Å². The number of hydrogen-bond donors (Lipinski definition) is 3. The van der Waals surface area contributed by atoms with Crippen molar-refractivity contribution in [3.8, 4) is 28.7 Å². The first-order chi connectivity index (χ1) is 44.6. The van der Waals surface area contributed by atoms with Gasteiger partial charge in [-0.2, -0.15) is 0 Å². The third-order valence-electron chi connectivity index (χ3n) is 22.8. The number of nitro groups is 1. The van der Waals surface area contributed by atoms with E-state index in [-0.39, 0.29) is 41.5 Å². The first-order valence-corrected chi connectivity index (χ1v) is 36.2. The van der Waals surface area contributed by atoms with E-state index in [1.54, 1.807) is 6.07 Å². The van der Waals surface area contributed by atoms with E-state index in [4.69, 9.17) is 28.4 Å². The summed E-state index contributed by atoms with van der Waals surface area (Å²) in [6.45, 7) is 18.0. The van der Waals surface area contributed by atoms with Gasteiger partial charge < -0.3 is 43.7 Å². The highest BCUT2D eigenvalue weighted by Gasteiger charge is 2.73. The molecular formula is C76H107N3O13. The fourth-order valence-electron chi connectivity index (χ4n) is 17.6. The topological polar surface area (TPSA) is 200 Å². The normalized spacial score (nSPS) is 27.4. The molecule has 0 amide bonds. The lowest BCUT2D eigenvalue weighted by Gasteiger charge is -2.63. The largest absolute Gasteiger partial charge is 0.513 e. The summed E-state index contributed by atoms with van der Waals surface area (Å²) in [5, 5.41) is 45.5. The number of ether oxygens (including phenoxy) is 6. The molecule has 92 heavy (non-hydrogen) atoms. The molecule has 3 N–H and O–H groups in total. The maximum Gasteiger partial charge on any atom is 0.513 e. The Bertz CT molecular complexity index is 3050. The summed E-state index contributed by atoms with van der Waals surface area (Å²) in [6.07, 6.45) is 37.2. The van der Waals surface area contributed by atoms with E-state index in [1.165, 1.54) is 170 Å². The Labute approximate surface area is 547 Å². The van der Waals surface area contributed by atoms with Gasteiger partial charge in [0.1, 0.15) is 18.0 Å². The van der Waals surface area contributed by atoms with Crippen LogP contribution in [0.25, 0.3) is 0 Å². The van der Waals surface area contributed by atoms with Gasteiger partial charge in [0.05, 0.1) is 40.2 Å². The standard InChI is InChI=1S/C35H51NO5.C21H25NO3.C20H31NO5/c1-3-4-5-6-7-8-9-10-11-12-13-22-39-33(37)40-28-17-16-27-23-29-35(38)19-18-25(2)32-34(35,30(27)31(28)41-32)20-21-36(29)24-26-14-15-26;1-12-6-7-21(24)16-10-14-4-5-15(23)18-17(14)20(21,19(12)25-18)8-9-22(16)11-13-2-3-13;1-2-3-4-5-6-7-8-9-10-11-12-17-25-20(22)26-19-15-13-18(14-16-19)21(23)24/h16-17,26,29,32,38H,2-15,18-24H2,1H3;4-5,13,16,19,23-24H,1-3,6-11H2;13-16H,2-12,17H2,1H3/t29?,32-,34-,35+;16?,19-,20-,21+;/m00./s1. The van der Waals surface area contributed by atoms with Crippen LogP contribution in [-0.2, 0) is 33.1 Å². The first kappa shape index (κ1) is 67.7. The van der Waals surface area contributed by atoms with Crippen molar-refractivity contribution in [2.75, 3.05) is 39.4 Å². The number of phenols is 1. The highest BCUT2D eigenvalue weighted by atomic mass is 16.7. The smallest absolute Gasteiger partial charge is 0.504 e. The van der Waals surface area contributed by atoms with Gasteiger partial charge >= 0.3 is 12.3 Å². The third-order valence-corrected chi connectivity index (χ3v) is 22.8. The molecule has 2 unspecified atom stereocenters. The Balaban J connectivity index is 0.000000148. The number of carbonyl (C=O) groups excluding carboxylic acids is 2. The predicted molar refractivity (Wildman–Crippen MR) is 356 cm³/mol. The molecule has 4 saturated carbocycles. The van der Waals surface area contributed by atoms with Crippen LogP contribution in [0.2, 0.25) is 0 Å². The van der Waals surface area contributed by atoms with Crippen molar-refractivity contribution in [2.24, 2.45) is 11.8 Å². The summed E-state index contributed by atoms with van der Waals surface area (Å²) in [6, 6.07) is 13.3. The van der Waals surface area contributed by atoms with E-state index in [0.717, 1.165) is 137 Å². The molecule has 0 aromatic heterocycles. The minimum atomic E-state index is -0.863. The molecule has 2 spiro atoms. The van der Waals surface area contributed by atoms with Crippen molar-refractivity contribution in [1.82, 2.24) is 9.80 Å². The zero-order valence-corrected chi connectivity index (χ0v) is 55.5. The number of likely N-dealkylation sites (tertiary alicyclic amines) is 2. The molecule has 8 atom stereocenters. The quantitative estimate of drug-likeness (QED) is 0.0137. The number of benzene rings is 3. The SMILES string of the molecule is C=C1CC[C@@]2(O)C3Cc4ccc(O)c5c4[C@@]2(CCN3CC2CC2)[C@H]1O5.C=C1CC[C@@]2(O)C3Cc4ccc(OC(=O)OCCCCCCCCCCCCC)c5c4[C@@]2(CCN3CC2CC2)[C@H]1O5.CCCCCCCCCCCCCOC(=O)Oc1ccc([N+](=O)[O-])cc1. The molecule has 6 fully saturated rings. The molecule has 2 saturated heterocycles. The molecule has 16 heteroatoms. The summed E-state index contributed by atoms with van der Waals surface area (Å²) in [5.74, 6) is 3.68. The molecule has 504 valence electrons. The van der Waals surface area contributed by atoms with Crippen LogP contribution in [0.5, 0.6) is 28.7 Å². The molecule has 16 nitrogen and oxygen atoms in total. The second-order valence-corrected chi connectivity index (χ2v) is 29.0. The summed E-state index contributed by atoms with van der Waals surface area (Å²) in [7, 11) is 0. The van der Waals surface area contributed by atoms with E-state index in [0.29, 0.717) is 36.9 Å². The monoisotopic (exact) mass is 1270 g/mol. The van der Waals surface area contributed by atoms with Gasteiger partial charge in [-0.25, -0.2) is 9.59 Å². The van der Waals surface area contributed by atoms with E-state index >= 15 is 0 Å². The number of rotatable bonds is 31. The molecule has 3 aromatic rings. The molecule has 10 aliphatic rings. The lowest BCUT2D eigenvalue weighted by molar-refractivity contribution is -0.384. The molecule has 0 radical (unpaired) electrons. The van der Waals surface area contributed by atoms with Crippen molar-refractivity contribution in [3.63, 3.8) is 0 Å². The minimum Gasteiger partial charge on any atom is -0.504 e. The molecule has 4 heterocycles. The third kappa shape index (κ3) is 14.3. The average Bonchev–Trinajstić information content (AvgIpc) is 1.38. The van der Waals surface area contributed by atoms with E-state index in [9.17, 15) is 35.0 Å². The van der Waals surface area contributed by atoms with Gasteiger partial charge in [0.25, 0.3) is 5.69 Å². The maximum atomic E-state index is 12.7. The van der Waals surface area contributed by atoms with Gasteiger partial charge in [0, 0.05) is 48.4 Å². The van der Waals surface area contributed by atoms with Gasteiger partial charge in [-0.05, 0) is 161 Å². The van der Waals surface area contributed by atoms with Gasteiger partial charge in [-0.1, -0.05) is 168 Å². The van der Waals surface area contributed by atoms with E-state index in [1.807, 2.05) is 12.1 Å². The predicted octanol–water partition coefficient (Wildman–Crippen LogP) is 16.6. The molecule has 13 rings (SSSR count). The highest BCUT2D eigenvalue weighted by molar-refractivity contribution is 5.70. The lowest BCUT2D eigenvalue weighted by Crippen LogP contribution is -2.75. The Kier molecular flexibility index (Phi) is 22.4. The van der Waals surface area contributed by atoms with Crippen LogP contribution in [0.4, 0.5) is 15.3 Å². The number of piperidine rings is 2. The fraction of sp³-hybridized carbons (Fsp3) is 0.684. The fourth-order valence-corrected chi connectivity index (χ4v) is 17.6. The zero-order chi connectivity index (χ0) is 64.5. The van der Waals surface area contributed by atoms with E-state index < -0.39 is 39.3 Å². The Morgan fingerprint density at radius 1 is 0.565 bits per heavy atom. The average molecular weight is 1270 g/mol. The number of non-ortho nitro benzene ring substituents is 1. The van der Waals surface area contributed by atoms with Crippen LogP contribution in [0, 0.1) is 22.0 Å². The Hall–Kier alpha value is -5.68. The van der Waals surface area contributed by atoms with Crippen LogP contribution < -0.4 is 18.9 Å². The number of aliphatic hydroxyl groups is 2. The number of hydrogen-bond acceptors (Lipinski definition) is 15. The lowest BCUT2D eigenvalue weighted by atomic mass is 9.48. The second-order valence-electron chi connectivity index (χ2n) is 29.0. The minimum absolute atomic E-state index is 0.0494. The maximum absolute atomic E-state index is 12.7. The van der Waals surface area contributed by atoms with Gasteiger partial charge in [-0.3, -0.25) is 19.9 Å². The molecule has 6 aliphatic carbocycles. The number of carbonyl (C=O) groups is 2.